The van der Waals surface area contributed by atoms with Gasteiger partial charge in [0.05, 0.1) is 5.39 Å². The lowest BCUT2D eigenvalue weighted by Gasteiger charge is -2.15. The lowest BCUT2D eigenvalue weighted by molar-refractivity contribution is -0.123. The Labute approximate surface area is 166 Å². The van der Waals surface area contributed by atoms with Crippen LogP contribution in [0, 0.1) is 13.8 Å². The Balaban J connectivity index is 1.76. The number of benzene rings is 2. The normalized spacial score (nSPS) is 11.9. The fourth-order valence-corrected chi connectivity index (χ4v) is 2.79. The smallest absolute Gasteiger partial charge is 0.375 e. The van der Waals surface area contributed by atoms with Gasteiger partial charge in [0.15, 0.2) is 11.5 Å². The van der Waals surface area contributed by atoms with Crippen LogP contribution in [0.5, 0.6) is 0 Å². The minimum absolute atomic E-state index is 0.264. The standard InChI is InChI=1S/C21H18ClNO5/c1-11-7-8-18-14(9-11)17(24)10-19(28-18)21(26)27-13(3)20(25)23-16-6-4-5-15(22)12(16)2/h4-10,13H,1-3H3,(H,23,25)/t13-/m0/s1. The van der Waals surface area contributed by atoms with Gasteiger partial charge in [-0.2, -0.15) is 0 Å². The average Bonchev–Trinajstić information content (AvgIpc) is 2.65. The summed E-state index contributed by atoms with van der Waals surface area (Å²) in [7, 11) is 0. The quantitative estimate of drug-likeness (QED) is 0.663. The summed E-state index contributed by atoms with van der Waals surface area (Å²) in [5, 5.41) is 3.55. The average molecular weight is 400 g/mol. The molecule has 3 rings (SSSR count). The molecule has 0 aliphatic heterocycles. The van der Waals surface area contributed by atoms with E-state index in [4.69, 9.17) is 20.8 Å². The van der Waals surface area contributed by atoms with Crippen molar-refractivity contribution in [2.45, 2.75) is 26.9 Å². The Kier molecular flexibility index (Phi) is 5.51. The number of amides is 1. The SMILES string of the molecule is Cc1ccc2oc(C(=O)O[C@@H](C)C(=O)Nc3cccc(Cl)c3C)cc(=O)c2c1. The largest absolute Gasteiger partial charge is 0.449 e. The molecule has 0 bridgehead atoms. The van der Waals surface area contributed by atoms with Gasteiger partial charge in [0.2, 0.25) is 5.76 Å². The first-order chi connectivity index (χ1) is 13.3. The number of ether oxygens (including phenoxy) is 1. The first kappa shape index (κ1) is 19.6. The minimum atomic E-state index is -1.11. The van der Waals surface area contributed by atoms with Crippen molar-refractivity contribution in [1.82, 2.24) is 0 Å². The topological polar surface area (TPSA) is 85.6 Å². The maximum absolute atomic E-state index is 12.3. The summed E-state index contributed by atoms with van der Waals surface area (Å²) in [5.74, 6) is -1.69. The van der Waals surface area contributed by atoms with Crippen LogP contribution in [-0.2, 0) is 9.53 Å². The van der Waals surface area contributed by atoms with Gasteiger partial charge in [-0.25, -0.2) is 4.79 Å². The van der Waals surface area contributed by atoms with Crippen LogP contribution >= 0.6 is 11.6 Å². The van der Waals surface area contributed by atoms with Gasteiger partial charge in [-0.3, -0.25) is 9.59 Å². The highest BCUT2D eigenvalue weighted by molar-refractivity contribution is 6.31. The molecule has 3 aromatic rings. The molecule has 28 heavy (non-hydrogen) atoms. The number of nitrogens with one attached hydrogen (secondary N) is 1. The molecule has 0 radical (unpaired) electrons. The summed E-state index contributed by atoms with van der Waals surface area (Å²) in [6, 6.07) is 11.2. The molecule has 1 aromatic heterocycles. The van der Waals surface area contributed by atoms with E-state index in [9.17, 15) is 14.4 Å². The van der Waals surface area contributed by atoms with Gasteiger partial charge in [0.1, 0.15) is 5.58 Å². The highest BCUT2D eigenvalue weighted by Gasteiger charge is 2.22. The molecule has 0 unspecified atom stereocenters. The van der Waals surface area contributed by atoms with Crippen molar-refractivity contribution < 1.29 is 18.7 Å². The summed E-state index contributed by atoms with van der Waals surface area (Å²) in [6.45, 7) is 5.04. The van der Waals surface area contributed by atoms with Gasteiger partial charge in [-0.15, -0.1) is 0 Å². The molecular weight excluding hydrogens is 382 g/mol. The Hall–Kier alpha value is -3.12. The van der Waals surface area contributed by atoms with Crippen LogP contribution in [0.25, 0.3) is 11.0 Å². The molecule has 1 atom stereocenters. The van der Waals surface area contributed by atoms with Crippen LogP contribution in [0.4, 0.5) is 5.69 Å². The second-order valence-electron chi connectivity index (χ2n) is 6.42. The first-order valence-electron chi connectivity index (χ1n) is 8.57. The van der Waals surface area contributed by atoms with Crippen LogP contribution in [-0.4, -0.2) is 18.0 Å². The number of hydrogen-bond acceptors (Lipinski definition) is 5. The minimum Gasteiger partial charge on any atom is -0.449 e. The highest BCUT2D eigenvalue weighted by atomic mass is 35.5. The molecule has 1 heterocycles. The van der Waals surface area contributed by atoms with E-state index in [2.05, 4.69) is 5.32 Å². The van der Waals surface area contributed by atoms with E-state index in [1.165, 1.54) is 6.92 Å². The van der Waals surface area contributed by atoms with E-state index in [0.717, 1.165) is 11.6 Å². The zero-order valence-electron chi connectivity index (χ0n) is 15.5. The van der Waals surface area contributed by atoms with Crippen LogP contribution in [0.3, 0.4) is 0 Å². The van der Waals surface area contributed by atoms with Crippen molar-refractivity contribution in [2.75, 3.05) is 5.32 Å². The number of esters is 1. The zero-order chi connectivity index (χ0) is 20.4. The van der Waals surface area contributed by atoms with Gasteiger partial charge in [-0.1, -0.05) is 29.3 Å². The molecule has 0 aliphatic rings. The molecule has 0 spiro atoms. The maximum atomic E-state index is 12.3. The monoisotopic (exact) mass is 399 g/mol. The van der Waals surface area contributed by atoms with Crippen LogP contribution in [0.2, 0.25) is 5.02 Å². The number of fused-ring (bicyclic) bond motifs is 1. The van der Waals surface area contributed by atoms with E-state index in [0.29, 0.717) is 21.7 Å². The molecular formula is C21H18ClNO5. The van der Waals surface area contributed by atoms with Crippen molar-refractivity contribution in [2.24, 2.45) is 0 Å². The summed E-state index contributed by atoms with van der Waals surface area (Å²) in [6.07, 6.45) is -1.11. The van der Waals surface area contributed by atoms with E-state index in [1.54, 1.807) is 43.3 Å². The van der Waals surface area contributed by atoms with Gasteiger partial charge < -0.3 is 14.5 Å². The van der Waals surface area contributed by atoms with Gasteiger partial charge in [0.25, 0.3) is 5.91 Å². The lowest BCUT2D eigenvalue weighted by Crippen LogP contribution is -2.30. The molecule has 6 nitrogen and oxygen atoms in total. The highest BCUT2D eigenvalue weighted by Crippen LogP contribution is 2.23. The van der Waals surface area contributed by atoms with Gasteiger partial charge in [0, 0.05) is 16.8 Å². The van der Waals surface area contributed by atoms with Crippen molar-refractivity contribution in [3.63, 3.8) is 0 Å². The zero-order valence-corrected chi connectivity index (χ0v) is 16.3. The van der Waals surface area contributed by atoms with E-state index < -0.39 is 18.0 Å². The molecule has 0 saturated carbocycles. The number of aryl methyl sites for hydroxylation is 1. The van der Waals surface area contributed by atoms with E-state index >= 15 is 0 Å². The van der Waals surface area contributed by atoms with E-state index in [-0.39, 0.29) is 16.8 Å². The molecule has 1 N–H and O–H groups in total. The third kappa shape index (κ3) is 4.07. The second-order valence-corrected chi connectivity index (χ2v) is 6.83. The third-order valence-electron chi connectivity index (χ3n) is 4.26. The second kappa shape index (κ2) is 7.86. The number of hydrogen-bond donors (Lipinski definition) is 1. The number of halogens is 1. The van der Waals surface area contributed by atoms with Gasteiger partial charge in [-0.05, 0) is 50.6 Å². The number of carbonyl (C=O) groups excluding carboxylic acids is 2. The number of anilines is 1. The molecule has 0 aliphatic carbocycles. The predicted molar refractivity (Wildman–Crippen MR) is 107 cm³/mol. The molecule has 7 heteroatoms. The van der Waals surface area contributed by atoms with Crippen LogP contribution in [0.15, 0.2) is 51.7 Å². The Morgan fingerprint density at radius 2 is 1.89 bits per heavy atom. The van der Waals surface area contributed by atoms with Crippen LogP contribution < -0.4 is 10.7 Å². The molecule has 2 aromatic carbocycles. The summed E-state index contributed by atoms with van der Waals surface area (Å²) in [4.78, 5) is 36.9. The molecule has 1 amide bonds. The fourth-order valence-electron chi connectivity index (χ4n) is 2.62. The van der Waals surface area contributed by atoms with Crippen molar-refractivity contribution in [3.8, 4) is 0 Å². The summed E-state index contributed by atoms with van der Waals surface area (Å²) < 4.78 is 10.6. The molecule has 144 valence electrons. The summed E-state index contributed by atoms with van der Waals surface area (Å²) in [5.41, 5.74) is 2.04. The fraction of sp³-hybridized carbons (Fsp3) is 0.190. The molecule has 0 saturated heterocycles. The molecule has 0 fully saturated rings. The summed E-state index contributed by atoms with van der Waals surface area (Å²) >= 11 is 6.03. The maximum Gasteiger partial charge on any atom is 0.375 e. The third-order valence-corrected chi connectivity index (χ3v) is 4.67. The van der Waals surface area contributed by atoms with E-state index in [1.807, 2.05) is 6.92 Å². The van der Waals surface area contributed by atoms with Crippen molar-refractivity contribution in [1.29, 1.82) is 0 Å². The van der Waals surface area contributed by atoms with Gasteiger partial charge >= 0.3 is 5.97 Å². The van der Waals surface area contributed by atoms with Crippen molar-refractivity contribution in [3.05, 3.63) is 74.6 Å². The van der Waals surface area contributed by atoms with Crippen molar-refractivity contribution >= 4 is 40.1 Å². The first-order valence-corrected chi connectivity index (χ1v) is 8.95. The number of rotatable bonds is 4. The van der Waals surface area contributed by atoms with Crippen LogP contribution in [0.1, 0.15) is 28.6 Å². The lowest BCUT2D eigenvalue weighted by atomic mass is 10.1. The Bertz CT molecular complexity index is 1140. The predicted octanol–water partition coefficient (Wildman–Crippen LogP) is 4.25. The Morgan fingerprint density at radius 3 is 2.64 bits per heavy atom. The Morgan fingerprint density at radius 1 is 1.14 bits per heavy atom. The number of carbonyl (C=O) groups is 2.